The summed E-state index contributed by atoms with van der Waals surface area (Å²) in [4.78, 5) is 37.5. The number of fused-ring (bicyclic) bond motifs is 1. The van der Waals surface area contributed by atoms with E-state index in [1.807, 2.05) is 64.1 Å². The molecule has 2 amide bonds. The van der Waals surface area contributed by atoms with Crippen molar-refractivity contribution in [2.75, 3.05) is 11.9 Å². The summed E-state index contributed by atoms with van der Waals surface area (Å²) in [5, 5.41) is 5.48. The highest BCUT2D eigenvalue weighted by molar-refractivity contribution is 5.96. The second-order valence-corrected chi connectivity index (χ2v) is 7.61. The summed E-state index contributed by atoms with van der Waals surface area (Å²) >= 11 is 0. The first-order valence-electron chi connectivity index (χ1n) is 10.1. The lowest BCUT2D eigenvalue weighted by atomic mass is 10.1. The summed E-state index contributed by atoms with van der Waals surface area (Å²) in [7, 11) is 0. The lowest BCUT2D eigenvalue weighted by Crippen LogP contribution is -2.37. The normalized spacial score (nSPS) is 10.9. The molecule has 7 heteroatoms. The number of rotatable bonds is 7. The quantitative estimate of drug-likeness (QED) is 0.630. The number of carbonyl (C=O) groups excluding carboxylic acids is 2. The lowest BCUT2D eigenvalue weighted by molar-refractivity contribution is -0.124. The van der Waals surface area contributed by atoms with Crippen LogP contribution >= 0.6 is 0 Å². The van der Waals surface area contributed by atoms with E-state index in [1.165, 1.54) is 4.57 Å². The summed E-state index contributed by atoms with van der Waals surface area (Å²) in [6.45, 7) is 8.18. The molecule has 0 aliphatic heterocycles. The maximum atomic E-state index is 12.8. The van der Waals surface area contributed by atoms with Crippen molar-refractivity contribution in [1.82, 2.24) is 14.5 Å². The molecule has 7 nitrogen and oxygen atoms in total. The first-order valence-corrected chi connectivity index (χ1v) is 10.1. The van der Waals surface area contributed by atoms with Gasteiger partial charge in [-0.3, -0.25) is 18.7 Å². The minimum Gasteiger partial charge on any atom is -0.345 e. The van der Waals surface area contributed by atoms with Crippen LogP contribution in [0, 0.1) is 20.8 Å². The van der Waals surface area contributed by atoms with Crippen molar-refractivity contribution in [3.63, 3.8) is 0 Å². The van der Waals surface area contributed by atoms with E-state index in [9.17, 15) is 14.4 Å². The Labute approximate surface area is 175 Å². The van der Waals surface area contributed by atoms with Gasteiger partial charge in [-0.15, -0.1) is 0 Å². The number of hydrogen-bond acceptors (Lipinski definition) is 3. The molecule has 3 rings (SSSR count). The van der Waals surface area contributed by atoms with Gasteiger partial charge < -0.3 is 10.6 Å². The van der Waals surface area contributed by atoms with Crippen molar-refractivity contribution < 1.29 is 9.59 Å². The van der Waals surface area contributed by atoms with E-state index in [0.717, 1.165) is 34.3 Å². The molecular formula is C23H28N4O3. The number of aromatic nitrogens is 2. The van der Waals surface area contributed by atoms with E-state index in [2.05, 4.69) is 10.6 Å². The van der Waals surface area contributed by atoms with Crippen LogP contribution in [0.1, 0.15) is 30.0 Å². The van der Waals surface area contributed by atoms with Crippen LogP contribution in [0.5, 0.6) is 0 Å². The molecule has 0 atom stereocenters. The Kier molecular flexibility index (Phi) is 6.40. The minimum atomic E-state index is -0.385. The molecule has 1 heterocycles. The number of carbonyl (C=O) groups is 2. The molecule has 158 valence electrons. The number of anilines is 1. The predicted octanol–water partition coefficient (Wildman–Crippen LogP) is 2.89. The largest absolute Gasteiger partial charge is 0.345 e. The molecule has 0 saturated carbocycles. The number of benzene rings is 2. The molecule has 0 fully saturated rings. The van der Waals surface area contributed by atoms with Crippen LogP contribution < -0.4 is 16.3 Å². The number of aryl methyl sites for hydroxylation is 4. The molecule has 0 aliphatic carbocycles. The standard InChI is InChI=1S/C23H28N4O3/c1-5-10-26-18-8-6-7-9-19(18)27(23(26)30)14-21(29)24-13-20(28)25-22-16(3)11-15(2)12-17(22)4/h6-9,11-12H,5,10,13-14H2,1-4H3,(H,24,29)(H,25,28). The van der Waals surface area contributed by atoms with Crippen LogP contribution in [0.15, 0.2) is 41.2 Å². The van der Waals surface area contributed by atoms with Gasteiger partial charge in [0.05, 0.1) is 17.6 Å². The van der Waals surface area contributed by atoms with Gasteiger partial charge in [-0.25, -0.2) is 4.79 Å². The third-order valence-electron chi connectivity index (χ3n) is 5.06. The zero-order valence-corrected chi connectivity index (χ0v) is 17.9. The van der Waals surface area contributed by atoms with Crippen LogP contribution in [0.3, 0.4) is 0 Å². The Bertz CT molecular complexity index is 1130. The van der Waals surface area contributed by atoms with Gasteiger partial charge in [0.15, 0.2) is 0 Å². The first kappa shape index (κ1) is 21.4. The number of hydrogen-bond donors (Lipinski definition) is 2. The van der Waals surface area contributed by atoms with E-state index in [0.29, 0.717) is 12.1 Å². The Morgan fingerprint density at radius 3 is 2.13 bits per heavy atom. The Morgan fingerprint density at radius 2 is 1.53 bits per heavy atom. The lowest BCUT2D eigenvalue weighted by Gasteiger charge is -2.13. The zero-order chi connectivity index (χ0) is 21.8. The van der Waals surface area contributed by atoms with Gasteiger partial charge in [0.1, 0.15) is 6.54 Å². The number of nitrogens with one attached hydrogen (secondary N) is 2. The van der Waals surface area contributed by atoms with Gasteiger partial charge >= 0.3 is 5.69 Å². The van der Waals surface area contributed by atoms with Gasteiger partial charge in [-0.2, -0.15) is 0 Å². The monoisotopic (exact) mass is 408 g/mol. The van der Waals surface area contributed by atoms with Crippen molar-refractivity contribution in [2.45, 2.75) is 47.2 Å². The summed E-state index contributed by atoms with van der Waals surface area (Å²) in [6, 6.07) is 11.4. The van der Waals surface area contributed by atoms with Crippen molar-refractivity contribution in [3.8, 4) is 0 Å². The average molecular weight is 409 g/mol. The van der Waals surface area contributed by atoms with Crippen LogP contribution in [0.2, 0.25) is 0 Å². The van der Waals surface area contributed by atoms with Gasteiger partial charge in [0.2, 0.25) is 11.8 Å². The molecule has 2 N–H and O–H groups in total. The van der Waals surface area contributed by atoms with Crippen LogP contribution in [-0.4, -0.2) is 27.5 Å². The van der Waals surface area contributed by atoms with E-state index in [-0.39, 0.29) is 30.6 Å². The third-order valence-corrected chi connectivity index (χ3v) is 5.06. The number of amides is 2. The molecule has 0 radical (unpaired) electrons. The van der Waals surface area contributed by atoms with Crippen molar-refractivity contribution in [2.24, 2.45) is 0 Å². The molecule has 30 heavy (non-hydrogen) atoms. The fourth-order valence-corrected chi connectivity index (χ4v) is 3.80. The van der Waals surface area contributed by atoms with E-state index < -0.39 is 0 Å². The molecule has 0 bridgehead atoms. The Balaban J connectivity index is 1.68. The molecule has 1 aromatic heterocycles. The van der Waals surface area contributed by atoms with Crippen molar-refractivity contribution in [1.29, 1.82) is 0 Å². The number of nitrogens with zero attached hydrogens (tertiary/aromatic N) is 2. The highest BCUT2D eigenvalue weighted by Crippen LogP contribution is 2.21. The minimum absolute atomic E-state index is 0.133. The number of para-hydroxylation sites is 2. The Morgan fingerprint density at radius 1 is 0.933 bits per heavy atom. The second kappa shape index (κ2) is 8.98. The molecule has 0 aliphatic rings. The summed E-state index contributed by atoms with van der Waals surface area (Å²) < 4.78 is 3.13. The highest BCUT2D eigenvalue weighted by atomic mass is 16.2. The predicted molar refractivity (Wildman–Crippen MR) is 119 cm³/mol. The van der Waals surface area contributed by atoms with Gasteiger partial charge in [0, 0.05) is 12.2 Å². The van der Waals surface area contributed by atoms with Crippen molar-refractivity contribution >= 4 is 28.5 Å². The molecule has 0 saturated heterocycles. The SMILES string of the molecule is CCCn1c(=O)n(CC(=O)NCC(=O)Nc2c(C)cc(C)cc2C)c2ccccc21. The molecule has 0 spiro atoms. The fraction of sp³-hybridized carbons (Fsp3) is 0.348. The second-order valence-electron chi connectivity index (χ2n) is 7.61. The van der Waals surface area contributed by atoms with Crippen LogP contribution in [-0.2, 0) is 22.7 Å². The van der Waals surface area contributed by atoms with E-state index in [1.54, 1.807) is 4.57 Å². The molecule has 2 aromatic carbocycles. The van der Waals surface area contributed by atoms with Crippen molar-refractivity contribution in [3.05, 3.63) is 63.6 Å². The fourth-order valence-electron chi connectivity index (χ4n) is 3.80. The first-order chi connectivity index (χ1) is 14.3. The summed E-state index contributed by atoms with van der Waals surface area (Å²) in [5.41, 5.74) is 5.14. The van der Waals surface area contributed by atoms with Gasteiger partial charge in [0.25, 0.3) is 0 Å². The smallest absolute Gasteiger partial charge is 0.329 e. The third kappa shape index (κ3) is 4.45. The van der Waals surface area contributed by atoms with Crippen LogP contribution in [0.4, 0.5) is 5.69 Å². The summed E-state index contributed by atoms with van der Waals surface area (Å²) in [6.07, 6.45) is 0.818. The number of imidazole rings is 1. The maximum absolute atomic E-state index is 12.8. The molecule has 0 unspecified atom stereocenters. The van der Waals surface area contributed by atoms with E-state index in [4.69, 9.17) is 0 Å². The zero-order valence-electron chi connectivity index (χ0n) is 17.9. The highest BCUT2D eigenvalue weighted by Gasteiger charge is 2.16. The summed E-state index contributed by atoms with van der Waals surface area (Å²) in [5.74, 6) is -0.692. The van der Waals surface area contributed by atoms with Crippen LogP contribution in [0.25, 0.3) is 11.0 Å². The van der Waals surface area contributed by atoms with Gasteiger partial charge in [-0.1, -0.05) is 36.8 Å². The molecular weight excluding hydrogens is 380 g/mol. The topological polar surface area (TPSA) is 85.1 Å². The van der Waals surface area contributed by atoms with E-state index >= 15 is 0 Å². The Hall–Kier alpha value is -3.35. The van der Waals surface area contributed by atoms with Gasteiger partial charge in [-0.05, 0) is 50.5 Å². The average Bonchev–Trinajstić information content (AvgIpc) is 2.95. The molecule has 3 aromatic rings. The maximum Gasteiger partial charge on any atom is 0.329 e.